The van der Waals surface area contributed by atoms with E-state index in [1.54, 1.807) is 0 Å². The molecule has 0 aliphatic carbocycles. The van der Waals surface area contributed by atoms with Crippen LogP contribution in [0.4, 0.5) is 4.79 Å². The van der Waals surface area contributed by atoms with Crippen LogP contribution in [0.2, 0.25) is 0 Å². The number of carbonyl (C=O) groups excluding carboxylic acids is 3. The van der Waals surface area contributed by atoms with Crippen LogP contribution in [0.25, 0.3) is 0 Å². The number of amides is 3. The highest BCUT2D eigenvalue weighted by atomic mass is 32.2. The molecular weight excluding hydrogens is 382 g/mol. The quantitative estimate of drug-likeness (QED) is 0.480. The number of thioether (sulfide) groups is 1. The van der Waals surface area contributed by atoms with Gasteiger partial charge in [-0.15, -0.1) is 10.2 Å². The predicted molar refractivity (Wildman–Crippen MR) is 104 cm³/mol. The Morgan fingerprint density at radius 3 is 2.64 bits per heavy atom. The molecule has 1 heterocycles. The van der Waals surface area contributed by atoms with Gasteiger partial charge in [-0.1, -0.05) is 49.0 Å². The van der Waals surface area contributed by atoms with E-state index < -0.39 is 24.5 Å². The molecule has 1 aromatic carbocycles. The van der Waals surface area contributed by atoms with Crippen molar-refractivity contribution in [3.63, 3.8) is 0 Å². The summed E-state index contributed by atoms with van der Waals surface area (Å²) in [5.41, 5.74) is 1.09. The molecule has 3 amide bonds. The minimum Gasteiger partial charge on any atom is -0.455 e. The maximum Gasteiger partial charge on any atom is 0.321 e. The Morgan fingerprint density at radius 1 is 1.18 bits per heavy atom. The fourth-order valence-electron chi connectivity index (χ4n) is 2.17. The number of aryl methyl sites for hydroxylation is 1. The molecule has 0 atom stereocenters. The Balaban J connectivity index is 1.78. The first-order valence-electron chi connectivity index (χ1n) is 8.79. The van der Waals surface area contributed by atoms with Crippen molar-refractivity contribution in [3.05, 3.63) is 41.7 Å². The molecule has 0 aliphatic heterocycles. The lowest BCUT2D eigenvalue weighted by molar-refractivity contribution is -0.145. The van der Waals surface area contributed by atoms with Gasteiger partial charge in [0.25, 0.3) is 5.91 Å². The summed E-state index contributed by atoms with van der Waals surface area (Å²) in [5, 5.41) is 13.3. The maximum absolute atomic E-state index is 11.9. The molecular formula is C18H23N5O4S. The molecule has 2 N–H and O–H groups in total. The highest BCUT2D eigenvalue weighted by Gasteiger charge is 2.14. The number of imide groups is 1. The number of urea groups is 1. The van der Waals surface area contributed by atoms with Crippen LogP contribution in [0.15, 0.2) is 35.5 Å². The van der Waals surface area contributed by atoms with E-state index in [0.29, 0.717) is 18.2 Å². The molecule has 1 aromatic heterocycles. The number of rotatable bonds is 9. The van der Waals surface area contributed by atoms with Crippen molar-refractivity contribution < 1.29 is 19.1 Å². The minimum atomic E-state index is -0.685. The molecule has 10 heteroatoms. The summed E-state index contributed by atoms with van der Waals surface area (Å²) in [6, 6.07) is 9.23. The fraction of sp³-hybridized carbons (Fsp3) is 0.389. The second-order valence-corrected chi connectivity index (χ2v) is 6.80. The molecule has 0 spiro atoms. The van der Waals surface area contributed by atoms with Crippen molar-refractivity contribution in [1.82, 2.24) is 25.4 Å². The van der Waals surface area contributed by atoms with Crippen LogP contribution in [0.3, 0.4) is 0 Å². The van der Waals surface area contributed by atoms with Crippen molar-refractivity contribution in [3.8, 4) is 0 Å². The number of ether oxygens (including phenoxy) is 1. The van der Waals surface area contributed by atoms with Crippen molar-refractivity contribution >= 4 is 29.7 Å². The van der Waals surface area contributed by atoms with Crippen LogP contribution < -0.4 is 10.6 Å². The lowest BCUT2D eigenvalue weighted by Crippen LogP contribution is -2.41. The molecule has 2 rings (SSSR count). The highest BCUT2D eigenvalue weighted by molar-refractivity contribution is 7.99. The summed E-state index contributed by atoms with van der Waals surface area (Å²) in [6.07, 6.45) is 0.752. The Labute approximate surface area is 167 Å². The second kappa shape index (κ2) is 11.1. The lowest BCUT2D eigenvalue weighted by Gasteiger charge is -2.09. The molecule has 0 fully saturated rings. The van der Waals surface area contributed by atoms with Gasteiger partial charge in [0, 0.05) is 6.54 Å². The van der Waals surface area contributed by atoms with Crippen molar-refractivity contribution in [2.75, 3.05) is 18.9 Å². The molecule has 0 unspecified atom stereocenters. The molecule has 0 saturated carbocycles. The normalized spacial score (nSPS) is 10.4. The van der Waals surface area contributed by atoms with Crippen LogP contribution in [-0.2, 0) is 20.9 Å². The van der Waals surface area contributed by atoms with Gasteiger partial charge in [0.15, 0.2) is 11.8 Å². The van der Waals surface area contributed by atoms with E-state index in [1.165, 1.54) is 11.8 Å². The van der Waals surface area contributed by atoms with E-state index in [4.69, 9.17) is 4.74 Å². The molecule has 0 saturated heterocycles. The number of hydrogen-bond donors (Lipinski definition) is 2. The third-order valence-corrected chi connectivity index (χ3v) is 4.50. The highest BCUT2D eigenvalue weighted by Crippen LogP contribution is 2.18. The number of nitrogens with zero attached hydrogens (tertiary/aromatic N) is 3. The minimum absolute atomic E-state index is 0.0256. The Bertz CT molecular complexity index is 810. The van der Waals surface area contributed by atoms with Gasteiger partial charge in [-0.25, -0.2) is 4.79 Å². The average Bonchev–Trinajstić information content (AvgIpc) is 3.03. The molecule has 2 aromatic rings. The third kappa shape index (κ3) is 7.03. The molecule has 28 heavy (non-hydrogen) atoms. The first-order valence-corrected chi connectivity index (χ1v) is 9.78. The molecule has 9 nitrogen and oxygen atoms in total. The summed E-state index contributed by atoms with van der Waals surface area (Å²) in [4.78, 5) is 34.8. The second-order valence-electron chi connectivity index (χ2n) is 5.85. The topological polar surface area (TPSA) is 115 Å². The van der Waals surface area contributed by atoms with Crippen molar-refractivity contribution in [1.29, 1.82) is 0 Å². The summed E-state index contributed by atoms with van der Waals surface area (Å²) in [5.74, 6) is -0.560. The number of aromatic nitrogens is 3. The monoisotopic (exact) mass is 405 g/mol. The first kappa shape index (κ1) is 21.4. The summed E-state index contributed by atoms with van der Waals surface area (Å²) in [6.45, 7) is 4.26. The number of hydrogen-bond acceptors (Lipinski definition) is 7. The molecule has 0 bridgehead atoms. The number of nitrogens with one attached hydrogen (secondary N) is 2. The van der Waals surface area contributed by atoms with E-state index in [-0.39, 0.29) is 5.75 Å². The Hall–Kier alpha value is -2.88. The lowest BCUT2D eigenvalue weighted by atomic mass is 10.2. The van der Waals surface area contributed by atoms with Crippen LogP contribution in [-0.4, -0.2) is 51.6 Å². The Morgan fingerprint density at radius 2 is 1.93 bits per heavy atom. The van der Waals surface area contributed by atoms with Crippen LogP contribution in [0.1, 0.15) is 24.7 Å². The van der Waals surface area contributed by atoms with E-state index >= 15 is 0 Å². The number of carbonyl (C=O) groups is 3. The van der Waals surface area contributed by atoms with Gasteiger partial charge >= 0.3 is 12.0 Å². The van der Waals surface area contributed by atoms with Gasteiger partial charge in [0.05, 0.1) is 12.3 Å². The third-order valence-electron chi connectivity index (χ3n) is 3.56. The van der Waals surface area contributed by atoms with Gasteiger partial charge < -0.3 is 14.6 Å². The number of esters is 1. The maximum atomic E-state index is 11.9. The van der Waals surface area contributed by atoms with E-state index in [0.717, 1.165) is 17.8 Å². The summed E-state index contributed by atoms with van der Waals surface area (Å²) >= 11 is 1.18. The SMILES string of the molecule is CCCNC(=O)NC(=O)COC(=O)CSc1nnc(C)n1Cc1ccccc1. The predicted octanol–water partition coefficient (Wildman–Crippen LogP) is 1.51. The standard InChI is InChI=1S/C18H23N5O4S/c1-3-9-19-17(26)20-15(24)11-27-16(25)12-28-18-22-21-13(2)23(18)10-14-7-5-4-6-8-14/h4-8H,3,9-12H2,1-2H3,(H2,19,20,24,26). The zero-order chi connectivity index (χ0) is 20.4. The van der Waals surface area contributed by atoms with Gasteiger partial charge in [-0.05, 0) is 18.9 Å². The van der Waals surface area contributed by atoms with E-state index in [9.17, 15) is 14.4 Å². The fourth-order valence-corrected chi connectivity index (χ4v) is 2.95. The van der Waals surface area contributed by atoms with Gasteiger partial charge in [-0.3, -0.25) is 14.9 Å². The molecule has 0 radical (unpaired) electrons. The van der Waals surface area contributed by atoms with Crippen molar-refractivity contribution in [2.45, 2.75) is 32.0 Å². The summed E-state index contributed by atoms with van der Waals surface area (Å²) in [7, 11) is 0. The first-order chi connectivity index (χ1) is 13.5. The summed E-state index contributed by atoms with van der Waals surface area (Å²) < 4.78 is 6.79. The zero-order valence-corrected chi connectivity index (χ0v) is 16.6. The molecule has 150 valence electrons. The van der Waals surface area contributed by atoms with Crippen LogP contribution in [0.5, 0.6) is 0 Å². The Kier molecular flexibility index (Phi) is 8.47. The van der Waals surface area contributed by atoms with E-state index in [1.807, 2.05) is 48.7 Å². The van der Waals surface area contributed by atoms with Crippen LogP contribution >= 0.6 is 11.8 Å². The smallest absolute Gasteiger partial charge is 0.321 e. The van der Waals surface area contributed by atoms with Gasteiger partial charge in [0.2, 0.25) is 0 Å². The van der Waals surface area contributed by atoms with Gasteiger partial charge in [0.1, 0.15) is 5.82 Å². The van der Waals surface area contributed by atoms with Crippen molar-refractivity contribution in [2.24, 2.45) is 0 Å². The zero-order valence-electron chi connectivity index (χ0n) is 15.8. The molecule has 0 aliphatic rings. The van der Waals surface area contributed by atoms with Crippen LogP contribution in [0, 0.1) is 6.92 Å². The largest absolute Gasteiger partial charge is 0.455 e. The average molecular weight is 405 g/mol. The number of benzene rings is 1. The van der Waals surface area contributed by atoms with Gasteiger partial charge in [-0.2, -0.15) is 0 Å². The van der Waals surface area contributed by atoms with E-state index in [2.05, 4.69) is 20.8 Å².